The van der Waals surface area contributed by atoms with Crippen LogP contribution in [-0.4, -0.2) is 39.2 Å². The van der Waals surface area contributed by atoms with Crippen LogP contribution in [-0.2, 0) is 11.3 Å². The molecule has 0 radical (unpaired) electrons. The highest BCUT2D eigenvalue weighted by atomic mass is 16.1. The van der Waals surface area contributed by atoms with Crippen LogP contribution in [0.3, 0.4) is 0 Å². The monoisotopic (exact) mass is 377 g/mol. The summed E-state index contributed by atoms with van der Waals surface area (Å²) >= 11 is 0. The lowest BCUT2D eigenvalue weighted by Gasteiger charge is -2.33. The van der Waals surface area contributed by atoms with Crippen molar-refractivity contribution in [1.82, 2.24) is 20.2 Å². The van der Waals surface area contributed by atoms with E-state index in [0.29, 0.717) is 6.54 Å². The summed E-state index contributed by atoms with van der Waals surface area (Å²) in [5, 5.41) is 12.7. The molecule has 2 heterocycles. The summed E-state index contributed by atoms with van der Waals surface area (Å²) in [5.41, 5.74) is 7.86. The molecule has 7 nitrogen and oxygen atoms in total. The lowest BCUT2D eigenvalue weighted by Crippen LogP contribution is -3.13. The number of tetrazole rings is 1. The smallest absolute Gasteiger partial charge is 0.220 e. The van der Waals surface area contributed by atoms with E-state index in [4.69, 9.17) is 5.73 Å². The normalized spacial score (nSPS) is 20.6. The van der Waals surface area contributed by atoms with Gasteiger partial charge in [0.25, 0.3) is 0 Å². The molecule has 1 amide bonds. The number of piperidine rings is 1. The van der Waals surface area contributed by atoms with Crippen molar-refractivity contribution in [3.8, 4) is 0 Å². The van der Waals surface area contributed by atoms with Gasteiger partial charge in [-0.3, -0.25) is 4.79 Å². The molecule has 1 saturated heterocycles. The van der Waals surface area contributed by atoms with Gasteiger partial charge in [-0.2, -0.15) is 0 Å². The number of carbonyl (C=O) groups excluding carboxylic acids is 1. The van der Waals surface area contributed by atoms with Crippen LogP contribution < -0.4 is 10.6 Å². The van der Waals surface area contributed by atoms with Crippen molar-refractivity contribution in [2.45, 2.75) is 25.4 Å². The zero-order chi connectivity index (χ0) is 19.3. The van der Waals surface area contributed by atoms with Gasteiger partial charge in [-0.15, -0.1) is 5.10 Å². The minimum atomic E-state index is -0.191. The first-order valence-electron chi connectivity index (χ1n) is 9.71. The van der Waals surface area contributed by atoms with Gasteiger partial charge in [0.1, 0.15) is 0 Å². The Labute approximate surface area is 164 Å². The third kappa shape index (κ3) is 3.94. The molecular weight excluding hydrogens is 352 g/mol. The number of quaternary nitrogens is 1. The highest BCUT2D eigenvalue weighted by Gasteiger charge is 2.35. The Hall–Kier alpha value is -3.06. The van der Waals surface area contributed by atoms with Crippen molar-refractivity contribution < 1.29 is 9.69 Å². The molecule has 2 aromatic carbocycles. The molecule has 1 aromatic heterocycles. The molecule has 0 bridgehead atoms. The van der Waals surface area contributed by atoms with E-state index >= 15 is 0 Å². The van der Waals surface area contributed by atoms with E-state index in [1.807, 2.05) is 41.1 Å². The number of aromatic nitrogens is 4. The van der Waals surface area contributed by atoms with Gasteiger partial charge >= 0.3 is 0 Å². The maximum Gasteiger partial charge on any atom is 0.220 e. The fourth-order valence-corrected chi connectivity index (χ4v) is 4.06. The van der Waals surface area contributed by atoms with Crippen LogP contribution in [0.2, 0.25) is 0 Å². The number of rotatable bonds is 6. The number of nitrogens with two attached hydrogens (primary N) is 1. The Bertz CT molecular complexity index is 903. The van der Waals surface area contributed by atoms with Crippen LogP contribution in [0.5, 0.6) is 0 Å². The number of nitrogens with one attached hydrogen (secondary N) is 1. The summed E-state index contributed by atoms with van der Waals surface area (Å²) in [6, 6.07) is 20.6. The maximum atomic E-state index is 11.6. The van der Waals surface area contributed by atoms with Gasteiger partial charge in [-0.05, 0) is 16.0 Å². The van der Waals surface area contributed by atoms with Crippen molar-refractivity contribution in [2.24, 2.45) is 11.7 Å². The number of amides is 1. The van der Waals surface area contributed by atoms with E-state index in [2.05, 4.69) is 39.8 Å². The Morgan fingerprint density at radius 2 is 1.71 bits per heavy atom. The molecule has 1 atom stereocenters. The second-order valence-corrected chi connectivity index (χ2v) is 7.36. The van der Waals surface area contributed by atoms with Crippen LogP contribution in [0.4, 0.5) is 0 Å². The van der Waals surface area contributed by atoms with Crippen molar-refractivity contribution in [3.05, 3.63) is 77.6 Å². The summed E-state index contributed by atoms with van der Waals surface area (Å²) in [7, 11) is 0. The molecule has 3 aromatic rings. The summed E-state index contributed by atoms with van der Waals surface area (Å²) in [5.74, 6) is 0.632. The molecule has 144 valence electrons. The molecule has 0 unspecified atom stereocenters. The Kier molecular flexibility index (Phi) is 5.43. The molecule has 0 spiro atoms. The number of nitrogens with zero attached hydrogens (tertiary/aromatic N) is 4. The SMILES string of the molecule is NC(=O)C1CC[NH+]([C@@H](c2ccccc2)c2nnnn2Cc2ccccc2)CC1. The largest absolute Gasteiger partial charge is 0.369 e. The van der Waals surface area contributed by atoms with Crippen LogP contribution in [0.1, 0.15) is 35.8 Å². The Balaban J connectivity index is 1.64. The average Bonchev–Trinajstić information content (AvgIpc) is 3.18. The van der Waals surface area contributed by atoms with Gasteiger partial charge in [-0.1, -0.05) is 60.7 Å². The van der Waals surface area contributed by atoms with Crippen LogP contribution >= 0.6 is 0 Å². The number of hydrogen-bond acceptors (Lipinski definition) is 4. The second kappa shape index (κ2) is 8.31. The maximum absolute atomic E-state index is 11.6. The van der Waals surface area contributed by atoms with Crippen molar-refractivity contribution in [2.75, 3.05) is 13.1 Å². The predicted octanol–water partition coefficient (Wildman–Crippen LogP) is 0.591. The van der Waals surface area contributed by atoms with Gasteiger partial charge in [0.2, 0.25) is 11.7 Å². The third-order valence-corrected chi connectivity index (χ3v) is 5.56. The van der Waals surface area contributed by atoms with Gasteiger partial charge in [0.15, 0.2) is 6.04 Å². The summed E-state index contributed by atoms with van der Waals surface area (Å²) < 4.78 is 1.89. The molecule has 0 aliphatic carbocycles. The second-order valence-electron chi connectivity index (χ2n) is 7.36. The lowest BCUT2D eigenvalue weighted by molar-refractivity contribution is -0.931. The zero-order valence-corrected chi connectivity index (χ0v) is 15.7. The van der Waals surface area contributed by atoms with Crippen molar-refractivity contribution in [3.63, 3.8) is 0 Å². The fraction of sp³-hybridized carbons (Fsp3) is 0.333. The van der Waals surface area contributed by atoms with Crippen LogP contribution in [0.25, 0.3) is 0 Å². The van der Waals surface area contributed by atoms with E-state index in [0.717, 1.165) is 37.3 Å². The van der Waals surface area contributed by atoms with Gasteiger partial charge in [0.05, 0.1) is 19.6 Å². The summed E-state index contributed by atoms with van der Waals surface area (Å²) in [6.45, 7) is 2.36. The minimum Gasteiger partial charge on any atom is -0.369 e. The van der Waals surface area contributed by atoms with Gasteiger partial charge in [0, 0.05) is 24.3 Å². The fourth-order valence-electron chi connectivity index (χ4n) is 4.06. The molecule has 0 saturated carbocycles. The van der Waals surface area contributed by atoms with Crippen molar-refractivity contribution >= 4 is 5.91 Å². The summed E-state index contributed by atoms with van der Waals surface area (Å²) in [4.78, 5) is 12.9. The zero-order valence-electron chi connectivity index (χ0n) is 15.7. The molecule has 1 fully saturated rings. The molecule has 7 heteroatoms. The quantitative estimate of drug-likeness (QED) is 0.658. The number of likely N-dealkylation sites (tertiary alicyclic amines) is 1. The Morgan fingerprint density at radius 3 is 2.36 bits per heavy atom. The summed E-state index contributed by atoms with van der Waals surface area (Å²) in [6.07, 6.45) is 1.60. The lowest BCUT2D eigenvalue weighted by atomic mass is 9.93. The number of hydrogen-bond donors (Lipinski definition) is 2. The van der Waals surface area contributed by atoms with E-state index in [1.54, 1.807) is 0 Å². The number of benzene rings is 2. The van der Waals surface area contributed by atoms with Crippen LogP contribution in [0, 0.1) is 5.92 Å². The predicted molar refractivity (Wildman–Crippen MR) is 104 cm³/mol. The highest BCUT2D eigenvalue weighted by Crippen LogP contribution is 2.20. The molecular formula is C21H25N6O+. The number of carbonyl (C=O) groups is 1. The van der Waals surface area contributed by atoms with Crippen LogP contribution in [0.15, 0.2) is 60.7 Å². The first-order chi connectivity index (χ1) is 13.7. The number of primary amides is 1. The standard InChI is InChI=1S/C21H24N6O/c22-20(28)18-11-13-26(14-12-18)19(17-9-5-2-6-10-17)21-23-24-25-27(21)15-16-7-3-1-4-8-16/h1-10,18-19H,11-15H2,(H2,22,28)/p+1/t19-/m0/s1. The molecule has 4 rings (SSSR count). The third-order valence-electron chi connectivity index (χ3n) is 5.56. The highest BCUT2D eigenvalue weighted by molar-refractivity contribution is 5.76. The van der Waals surface area contributed by atoms with Crippen molar-refractivity contribution in [1.29, 1.82) is 0 Å². The Morgan fingerprint density at radius 1 is 1.07 bits per heavy atom. The first kappa shape index (κ1) is 18.3. The minimum absolute atomic E-state index is 0.0220. The molecule has 28 heavy (non-hydrogen) atoms. The van der Waals surface area contributed by atoms with Gasteiger partial charge < -0.3 is 10.6 Å². The van der Waals surface area contributed by atoms with E-state index < -0.39 is 0 Å². The molecule has 1 aliphatic heterocycles. The van der Waals surface area contributed by atoms with E-state index in [9.17, 15) is 4.79 Å². The van der Waals surface area contributed by atoms with E-state index in [-0.39, 0.29) is 17.9 Å². The average molecular weight is 377 g/mol. The van der Waals surface area contributed by atoms with E-state index in [1.165, 1.54) is 10.5 Å². The molecule has 3 N–H and O–H groups in total. The van der Waals surface area contributed by atoms with Gasteiger partial charge in [-0.25, -0.2) is 4.68 Å². The first-order valence-corrected chi connectivity index (χ1v) is 9.71. The topological polar surface area (TPSA) is 91.1 Å². The molecule has 1 aliphatic rings.